The molecule has 0 aliphatic carbocycles. The highest BCUT2D eigenvalue weighted by Gasteiger charge is 2.38. The Kier molecular flexibility index (Phi) is 3.17. The van der Waals surface area contributed by atoms with Gasteiger partial charge in [0.05, 0.1) is 11.2 Å². The van der Waals surface area contributed by atoms with E-state index in [1.54, 1.807) is 6.92 Å². The molecule has 2 unspecified atom stereocenters. The maximum atomic E-state index is 13.6. The summed E-state index contributed by atoms with van der Waals surface area (Å²) in [6.45, 7) is 2.11. The Bertz CT molecular complexity index is 376. The number of rotatable bonds is 1. The lowest BCUT2D eigenvalue weighted by molar-refractivity contribution is -0.0726. The molecule has 88 valence electrons. The molecule has 1 aromatic carbocycles. The average Bonchev–Trinajstić information content (AvgIpc) is 2.16. The van der Waals surface area contributed by atoms with E-state index in [1.807, 2.05) is 0 Å². The van der Waals surface area contributed by atoms with E-state index in [2.05, 4.69) is 0 Å². The molecule has 1 saturated heterocycles. The number of benzene rings is 1. The largest absolute Gasteiger partial charge is 0.370 e. The van der Waals surface area contributed by atoms with Crippen molar-refractivity contribution in [3.8, 4) is 0 Å². The van der Waals surface area contributed by atoms with Crippen LogP contribution in [0.2, 0.25) is 0 Å². The van der Waals surface area contributed by atoms with Crippen LogP contribution in [-0.2, 0) is 10.3 Å². The molecule has 0 spiro atoms. The van der Waals surface area contributed by atoms with Crippen molar-refractivity contribution in [3.05, 3.63) is 35.4 Å². The molecule has 1 fully saturated rings. The highest BCUT2D eigenvalue weighted by Crippen LogP contribution is 2.39. The molecule has 0 aromatic heterocycles. The second-order valence-electron chi connectivity index (χ2n) is 4.27. The minimum absolute atomic E-state index is 0.0136. The monoisotopic (exact) mass is 246 g/mol. The average molecular weight is 247 g/mol. The quantitative estimate of drug-likeness (QED) is 0.688. The molecule has 2 atom stereocenters. The van der Waals surface area contributed by atoms with Gasteiger partial charge in [-0.25, -0.2) is 8.78 Å². The second-order valence-corrected chi connectivity index (χ2v) is 4.88. The van der Waals surface area contributed by atoms with Gasteiger partial charge in [-0.1, -0.05) is 6.07 Å². The van der Waals surface area contributed by atoms with E-state index in [4.69, 9.17) is 16.3 Å². The van der Waals surface area contributed by atoms with Crippen LogP contribution in [0.4, 0.5) is 8.78 Å². The lowest BCUT2D eigenvalue weighted by atomic mass is 9.87. The maximum Gasteiger partial charge on any atom is 0.132 e. The van der Waals surface area contributed by atoms with E-state index >= 15 is 0 Å². The molecule has 0 radical (unpaired) electrons. The minimum Gasteiger partial charge on any atom is -0.370 e. The third-order valence-electron chi connectivity index (χ3n) is 2.95. The molecule has 0 bridgehead atoms. The predicted molar refractivity (Wildman–Crippen MR) is 58.5 cm³/mol. The highest BCUT2D eigenvalue weighted by molar-refractivity contribution is 6.20. The Labute approximate surface area is 98.4 Å². The van der Waals surface area contributed by atoms with E-state index in [-0.39, 0.29) is 10.9 Å². The Morgan fingerprint density at radius 3 is 2.56 bits per heavy atom. The Balaban J connectivity index is 2.42. The van der Waals surface area contributed by atoms with Gasteiger partial charge in [0.25, 0.3) is 0 Å². The summed E-state index contributed by atoms with van der Waals surface area (Å²) in [7, 11) is 0. The summed E-state index contributed by atoms with van der Waals surface area (Å²) in [5, 5.41) is -0.0993. The van der Waals surface area contributed by atoms with Gasteiger partial charge in [-0.05, 0) is 31.9 Å². The van der Waals surface area contributed by atoms with Gasteiger partial charge in [0, 0.05) is 12.0 Å². The maximum absolute atomic E-state index is 13.6. The number of halogens is 3. The van der Waals surface area contributed by atoms with E-state index in [0.29, 0.717) is 19.4 Å². The van der Waals surface area contributed by atoms with Crippen LogP contribution in [0.1, 0.15) is 25.3 Å². The molecule has 2 rings (SSSR count). The molecule has 0 saturated carbocycles. The van der Waals surface area contributed by atoms with Crippen molar-refractivity contribution in [2.24, 2.45) is 0 Å². The molecule has 4 heteroatoms. The summed E-state index contributed by atoms with van der Waals surface area (Å²) < 4.78 is 32.8. The SMILES string of the molecule is CC1(c2c(F)cccc2F)CC(Cl)CCO1. The first-order valence-electron chi connectivity index (χ1n) is 5.25. The van der Waals surface area contributed by atoms with E-state index in [9.17, 15) is 8.78 Å². The van der Waals surface area contributed by atoms with Crippen LogP contribution < -0.4 is 0 Å². The normalized spacial score (nSPS) is 30.4. The van der Waals surface area contributed by atoms with Gasteiger partial charge in [0.15, 0.2) is 0 Å². The van der Waals surface area contributed by atoms with Crippen LogP contribution >= 0.6 is 11.6 Å². The summed E-state index contributed by atoms with van der Waals surface area (Å²) in [6, 6.07) is 3.83. The van der Waals surface area contributed by atoms with Crippen molar-refractivity contribution in [1.29, 1.82) is 0 Å². The molecule has 1 heterocycles. The van der Waals surface area contributed by atoms with Gasteiger partial charge in [-0.15, -0.1) is 11.6 Å². The third kappa shape index (κ3) is 2.06. The first-order chi connectivity index (χ1) is 7.53. The van der Waals surface area contributed by atoms with Crippen LogP contribution in [0.25, 0.3) is 0 Å². The summed E-state index contributed by atoms with van der Waals surface area (Å²) >= 11 is 6.03. The fourth-order valence-corrected chi connectivity index (χ4v) is 2.56. The van der Waals surface area contributed by atoms with Gasteiger partial charge < -0.3 is 4.74 Å². The molecule has 1 aromatic rings. The molecular formula is C12H13ClF2O. The molecule has 1 aliphatic heterocycles. The van der Waals surface area contributed by atoms with E-state index in [0.717, 1.165) is 0 Å². The van der Waals surface area contributed by atoms with Gasteiger partial charge >= 0.3 is 0 Å². The van der Waals surface area contributed by atoms with Crippen LogP contribution in [0.3, 0.4) is 0 Å². The Hall–Kier alpha value is -0.670. The van der Waals surface area contributed by atoms with Crippen molar-refractivity contribution in [1.82, 2.24) is 0 Å². The Morgan fingerprint density at radius 2 is 2.00 bits per heavy atom. The van der Waals surface area contributed by atoms with Crippen LogP contribution in [0, 0.1) is 11.6 Å². The first kappa shape index (κ1) is 11.8. The summed E-state index contributed by atoms with van der Waals surface area (Å²) in [5.41, 5.74) is -0.972. The molecule has 1 nitrogen and oxygen atoms in total. The molecule has 0 N–H and O–H groups in total. The van der Waals surface area contributed by atoms with Crippen LogP contribution in [-0.4, -0.2) is 12.0 Å². The minimum atomic E-state index is -0.958. The van der Waals surface area contributed by atoms with E-state index < -0.39 is 17.2 Å². The van der Waals surface area contributed by atoms with Gasteiger partial charge in [0.1, 0.15) is 11.6 Å². The summed E-state index contributed by atoms with van der Waals surface area (Å²) in [6.07, 6.45) is 1.14. The predicted octanol–water partition coefficient (Wildman–Crippen LogP) is 3.60. The topological polar surface area (TPSA) is 9.23 Å². The molecule has 1 aliphatic rings. The van der Waals surface area contributed by atoms with Crippen molar-refractivity contribution < 1.29 is 13.5 Å². The molecule has 0 amide bonds. The van der Waals surface area contributed by atoms with Crippen molar-refractivity contribution in [2.45, 2.75) is 30.7 Å². The zero-order valence-electron chi connectivity index (χ0n) is 8.97. The second kappa shape index (κ2) is 4.30. The van der Waals surface area contributed by atoms with Gasteiger partial charge in [-0.2, -0.15) is 0 Å². The number of alkyl halides is 1. The lowest BCUT2D eigenvalue weighted by Crippen LogP contribution is -2.36. The smallest absolute Gasteiger partial charge is 0.132 e. The summed E-state index contributed by atoms with van der Waals surface area (Å²) in [4.78, 5) is 0. The fourth-order valence-electron chi connectivity index (χ4n) is 2.17. The number of hydrogen-bond donors (Lipinski definition) is 0. The zero-order valence-corrected chi connectivity index (χ0v) is 9.73. The van der Waals surface area contributed by atoms with Crippen LogP contribution in [0.15, 0.2) is 18.2 Å². The molecular weight excluding hydrogens is 234 g/mol. The van der Waals surface area contributed by atoms with Crippen molar-refractivity contribution in [3.63, 3.8) is 0 Å². The fraction of sp³-hybridized carbons (Fsp3) is 0.500. The first-order valence-corrected chi connectivity index (χ1v) is 5.69. The van der Waals surface area contributed by atoms with Crippen LogP contribution in [0.5, 0.6) is 0 Å². The van der Waals surface area contributed by atoms with E-state index in [1.165, 1.54) is 18.2 Å². The Morgan fingerprint density at radius 1 is 1.38 bits per heavy atom. The highest BCUT2D eigenvalue weighted by atomic mass is 35.5. The zero-order chi connectivity index (χ0) is 11.8. The standard InChI is InChI=1S/C12H13ClF2O/c1-12(7-8(13)5-6-16-12)11-9(14)3-2-4-10(11)15/h2-4,8H,5-7H2,1H3. The lowest BCUT2D eigenvalue weighted by Gasteiger charge is -2.36. The third-order valence-corrected chi connectivity index (χ3v) is 3.33. The van der Waals surface area contributed by atoms with Crippen molar-refractivity contribution >= 4 is 11.6 Å². The van der Waals surface area contributed by atoms with Crippen molar-refractivity contribution in [2.75, 3.05) is 6.61 Å². The molecule has 16 heavy (non-hydrogen) atoms. The van der Waals surface area contributed by atoms with Gasteiger partial charge in [0.2, 0.25) is 0 Å². The number of hydrogen-bond acceptors (Lipinski definition) is 1. The summed E-state index contributed by atoms with van der Waals surface area (Å²) in [5.74, 6) is -1.15. The number of ether oxygens (including phenoxy) is 1. The van der Waals surface area contributed by atoms with Gasteiger partial charge in [-0.3, -0.25) is 0 Å².